The molecular formula is C14H13NO5S. The van der Waals surface area contributed by atoms with E-state index in [1.807, 2.05) is 0 Å². The molecule has 0 radical (unpaired) electrons. The van der Waals surface area contributed by atoms with Gasteiger partial charge in [0, 0.05) is 16.5 Å². The number of hydrogen-bond donors (Lipinski definition) is 4. The van der Waals surface area contributed by atoms with Gasteiger partial charge in [0.25, 0.3) is 5.91 Å². The van der Waals surface area contributed by atoms with E-state index < -0.39 is 11.9 Å². The predicted octanol–water partition coefficient (Wildman–Crippen LogP) is 2.73. The van der Waals surface area contributed by atoms with E-state index in [4.69, 9.17) is 0 Å². The Morgan fingerprint density at radius 1 is 1.10 bits per heavy atom. The Hall–Kier alpha value is -2.54. The van der Waals surface area contributed by atoms with Gasteiger partial charge in [-0.1, -0.05) is 0 Å². The van der Waals surface area contributed by atoms with E-state index in [1.54, 1.807) is 13.8 Å². The van der Waals surface area contributed by atoms with Crippen LogP contribution in [0.4, 0.5) is 5.00 Å². The number of carbonyl (C=O) groups is 2. The number of aromatic hydroxyl groups is 2. The van der Waals surface area contributed by atoms with Crippen LogP contribution in [0, 0.1) is 13.8 Å². The average molecular weight is 307 g/mol. The molecule has 2 aromatic rings. The Kier molecular flexibility index (Phi) is 3.86. The number of benzene rings is 1. The Labute approximate surface area is 124 Å². The minimum atomic E-state index is -1.12. The number of nitrogens with one attached hydrogen (secondary N) is 1. The second-order valence-electron chi connectivity index (χ2n) is 4.48. The lowest BCUT2D eigenvalue weighted by Crippen LogP contribution is -2.13. The summed E-state index contributed by atoms with van der Waals surface area (Å²) in [6, 6.07) is 3.46. The van der Waals surface area contributed by atoms with Crippen molar-refractivity contribution in [2.24, 2.45) is 0 Å². The van der Waals surface area contributed by atoms with Gasteiger partial charge in [-0.25, -0.2) is 4.79 Å². The Balaban J connectivity index is 2.36. The summed E-state index contributed by atoms with van der Waals surface area (Å²) in [4.78, 5) is 24.1. The largest absolute Gasteiger partial charge is 0.508 e. The summed E-state index contributed by atoms with van der Waals surface area (Å²) in [7, 11) is 0. The van der Waals surface area contributed by atoms with Crippen molar-refractivity contribution >= 4 is 28.2 Å². The highest BCUT2D eigenvalue weighted by Crippen LogP contribution is 2.33. The number of phenolic OH excluding ortho intramolecular Hbond substituents is 2. The number of aromatic carboxylic acids is 1. The quantitative estimate of drug-likeness (QED) is 0.697. The molecule has 0 bridgehead atoms. The molecule has 1 aromatic carbocycles. The minimum Gasteiger partial charge on any atom is -0.508 e. The van der Waals surface area contributed by atoms with Gasteiger partial charge in [0.05, 0.1) is 5.56 Å². The number of rotatable bonds is 3. The molecule has 1 amide bonds. The van der Waals surface area contributed by atoms with Gasteiger partial charge in [-0.05, 0) is 31.5 Å². The number of amides is 1. The second kappa shape index (κ2) is 5.45. The average Bonchev–Trinajstić information content (AvgIpc) is 2.63. The van der Waals surface area contributed by atoms with Gasteiger partial charge >= 0.3 is 5.97 Å². The van der Waals surface area contributed by atoms with Crippen molar-refractivity contribution < 1.29 is 24.9 Å². The first-order valence-electron chi connectivity index (χ1n) is 5.97. The van der Waals surface area contributed by atoms with E-state index in [0.29, 0.717) is 5.56 Å². The Bertz CT molecular complexity index is 715. The lowest BCUT2D eigenvalue weighted by Gasteiger charge is -2.06. The van der Waals surface area contributed by atoms with Gasteiger partial charge in [-0.2, -0.15) is 0 Å². The van der Waals surface area contributed by atoms with E-state index >= 15 is 0 Å². The zero-order chi connectivity index (χ0) is 15.7. The van der Waals surface area contributed by atoms with Gasteiger partial charge in [0.15, 0.2) is 0 Å². The standard InChI is InChI=1S/C14H13NO5S/c1-6-7(2)21-13(11(6)14(19)20)15-12(18)8-3-9(16)5-10(17)4-8/h3-5,16-17H,1-2H3,(H,15,18)(H,19,20). The molecule has 6 nitrogen and oxygen atoms in total. The molecule has 0 aliphatic heterocycles. The van der Waals surface area contributed by atoms with Crippen LogP contribution in [0.15, 0.2) is 18.2 Å². The highest BCUT2D eigenvalue weighted by Gasteiger charge is 2.21. The second-order valence-corrected chi connectivity index (χ2v) is 5.71. The van der Waals surface area contributed by atoms with E-state index in [9.17, 15) is 24.9 Å². The van der Waals surface area contributed by atoms with Crippen LogP contribution in [0.25, 0.3) is 0 Å². The van der Waals surface area contributed by atoms with Crippen LogP contribution in [0.3, 0.4) is 0 Å². The van der Waals surface area contributed by atoms with Crippen LogP contribution in [-0.4, -0.2) is 27.2 Å². The van der Waals surface area contributed by atoms with Crippen molar-refractivity contribution in [2.45, 2.75) is 13.8 Å². The van der Waals surface area contributed by atoms with Crippen LogP contribution in [0.1, 0.15) is 31.2 Å². The molecule has 0 aliphatic carbocycles. The third-order valence-corrected chi connectivity index (χ3v) is 4.11. The van der Waals surface area contributed by atoms with Crippen LogP contribution in [-0.2, 0) is 0 Å². The summed E-state index contributed by atoms with van der Waals surface area (Å²) in [6.07, 6.45) is 0. The fraction of sp³-hybridized carbons (Fsp3) is 0.143. The molecule has 0 unspecified atom stereocenters. The topological polar surface area (TPSA) is 107 Å². The summed E-state index contributed by atoms with van der Waals surface area (Å²) in [6.45, 7) is 3.44. The molecule has 0 aliphatic rings. The molecule has 110 valence electrons. The maximum absolute atomic E-state index is 12.1. The molecule has 0 fully saturated rings. The Morgan fingerprint density at radius 3 is 2.19 bits per heavy atom. The van der Waals surface area contributed by atoms with Gasteiger partial charge in [-0.3, -0.25) is 4.79 Å². The summed E-state index contributed by atoms with van der Waals surface area (Å²) in [5.41, 5.74) is 0.685. The van der Waals surface area contributed by atoms with Gasteiger partial charge < -0.3 is 20.6 Å². The van der Waals surface area contributed by atoms with E-state index in [1.165, 1.54) is 12.1 Å². The zero-order valence-electron chi connectivity index (χ0n) is 11.3. The SMILES string of the molecule is Cc1sc(NC(=O)c2cc(O)cc(O)c2)c(C(=O)O)c1C. The van der Waals surface area contributed by atoms with Gasteiger partial charge in [-0.15, -0.1) is 11.3 Å². The monoisotopic (exact) mass is 307 g/mol. The van der Waals surface area contributed by atoms with Crippen LogP contribution in [0.2, 0.25) is 0 Å². The lowest BCUT2D eigenvalue weighted by atomic mass is 10.1. The number of carbonyl (C=O) groups excluding carboxylic acids is 1. The molecule has 1 aromatic heterocycles. The molecule has 1 heterocycles. The molecule has 0 saturated carbocycles. The summed E-state index contributed by atoms with van der Waals surface area (Å²) in [5, 5.41) is 30.7. The maximum Gasteiger partial charge on any atom is 0.338 e. The first-order valence-corrected chi connectivity index (χ1v) is 6.79. The van der Waals surface area contributed by atoms with E-state index in [2.05, 4.69) is 5.32 Å². The molecule has 0 atom stereocenters. The summed E-state index contributed by atoms with van der Waals surface area (Å²) in [5.74, 6) is -2.23. The van der Waals surface area contributed by atoms with Crippen molar-refractivity contribution in [3.63, 3.8) is 0 Å². The van der Waals surface area contributed by atoms with Crippen LogP contribution < -0.4 is 5.32 Å². The highest BCUT2D eigenvalue weighted by atomic mass is 32.1. The minimum absolute atomic E-state index is 0.0348. The normalized spacial score (nSPS) is 10.4. The number of thiophene rings is 1. The first kappa shape index (κ1) is 14.9. The Morgan fingerprint density at radius 2 is 1.67 bits per heavy atom. The van der Waals surface area contributed by atoms with Crippen molar-refractivity contribution in [1.82, 2.24) is 0 Å². The summed E-state index contributed by atoms with van der Waals surface area (Å²) >= 11 is 1.16. The smallest absolute Gasteiger partial charge is 0.338 e. The molecule has 4 N–H and O–H groups in total. The third kappa shape index (κ3) is 2.97. The number of carboxylic acid groups (broad SMARTS) is 1. The van der Waals surface area contributed by atoms with Crippen molar-refractivity contribution in [2.75, 3.05) is 5.32 Å². The molecular weight excluding hydrogens is 294 g/mol. The summed E-state index contributed by atoms with van der Waals surface area (Å²) < 4.78 is 0. The van der Waals surface area contributed by atoms with Crippen molar-refractivity contribution in [1.29, 1.82) is 0 Å². The molecule has 7 heteroatoms. The fourth-order valence-electron chi connectivity index (χ4n) is 1.87. The molecule has 21 heavy (non-hydrogen) atoms. The third-order valence-electron chi connectivity index (χ3n) is 2.99. The maximum atomic E-state index is 12.1. The van der Waals surface area contributed by atoms with Gasteiger partial charge in [0.1, 0.15) is 16.5 Å². The lowest BCUT2D eigenvalue weighted by molar-refractivity contribution is 0.0697. The number of anilines is 1. The zero-order valence-corrected chi connectivity index (χ0v) is 12.1. The molecule has 0 spiro atoms. The number of hydrogen-bond acceptors (Lipinski definition) is 5. The molecule has 2 rings (SSSR count). The first-order chi connectivity index (χ1) is 9.79. The van der Waals surface area contributed by atoms with E-state index in [0.717, 1.165) is 22.3 Å². The van der Waals surface area contributed by atoms with Gasteiger partial charge in [0.2, 0.25) is 0 Å². The van der Waals surface area contributed by atoms with Crippen LogP contribution in [0.5, 0.6) is 11.5 Å². The predicted molar refractivity (Wildman–Crippen MR) is 78.5 cm³/mol. The van der Waals surface area contributed by atoms with Crippen molar-refractivity contribution in [3.05, 3.63) is 39.8 Å². The van der Waals surface area contributed by atoms with E-state index in [-0.39, 0.29) is 27.6 Å². The van der Waals surface area contributed by atoms with Crippen molar-refractivity contribution in [3.8, 4) is 11.5 Å². The molecule has 0 saturated heterocycles. The highest BCUT2D eigenvalue weighted by molar-refractivity contribution is 7.16. The number of aryl methyl sites for hydroxylation is 1. The fourth-order valence-corrected chi connectivity index (χ4v) is 2.92. The van der Waals surface area contributed by atoms with Crippen LogP contribution >= 0.6 is 11.3 Å². The number of carboxylic acids is 1. The number of phenols is 2.